The fraction of sp³-hybridized carbons (Fsp3) is 0.143. The zero-order chi connectivity index (χ0) is 14.2. The number of nitrogens with one attached hydrogen (secondary N) is 1. The molecule has 0 aliphatic heterocycles. The van der Waals surface area contributed by atoms with Crippen LogP contribution < -0.4 is 0 Å². The number of aromatic amines is 1. The Labute approximate surface area is 109 Å². The van der Waals surface area contributed by atoms with Crippen LogP contribution in [0.2, 0.25) is 0 Å². The smallest absolute Gasteiger partial charge is 0.166 e. The molecule has 0 radical (unpaired) electrons. The number of benzene rings is 1. The number of aromatic hydroxyl groups is 2. The summed E-state index contributed by atoms with van der Waals surface area (Å²) in [4.78, 5) is 25.6. The largest absolute Gasteiger partial charge is 0.504 e. The monoisotopic (exact) mass is 259 g/mol. The van der Waals surface area contributed by atoms with Gasteiger partial charge in [-0.15, -0.1) is 0 Å². The van der Waals surface area contributed by atoms with Crippen molar-refractivity contribution in [3.05, 3.63) is 35.2 Å². The summed E-state index contributed by atoms with van der Waals surface area (Å²) in [5.41, 5.74) is 2.21. The van der Waals surface area contributed by atoms with Crippen LogP contribution in [0.25, 0.3) is 11.1 Å². The number of carbonyl (C=O) groups excluding carboxylic acids is 2. The second kappa shape index (κ2) is 4.61. The molecule has 2 rings (SSSR count). The highest BCUT2D eigenvalue weighted by Crippen LogP contribution is 2.35. The molecule has 0 bridgehead atoms. The number of hydrogen-bond donors (Lipinski definition) is 3. The Morgan fingerprint density at radius 1 is 1.26 bits per heavy atom. The number of phenolic OH excluding ortho intramolecular Hbond substituents is 2. The molecule has 0 saturated heterocycles. The maximum atomic E-state index is 11.7. The quantitative estimate of drug-likeness (QED) is 0.448. The van der Waals surface area contributed by atoms with Gasteiger partial charge in [0.2, 0.25) is 0 Å². The molecule has 5 nitrogen and oxygen atoms in total. The second-order valence-corrected chi connectivity index (χ2v) is 4.29. The molecule has 98 valence electrons. The minimum absolute atomic E-state index is 0.176. The average molecular weight is 259 g/mol. The third-order valence-corrected chi connectivity index (χ3v) is 2.95. The Kier molecular flexibility index (Phi) is 3.12. The molecule has 5 heteroatoms. The van der Waals surface area contributed by atoms with Crippen molar-refractivity contribution in [2.24, 2.45) is 0 Å². The SMILES string of the molecule is CC(=O)c1c(C)[nH]c(C=O)c1-c1ccc(O)c(O)c1. The highest BCUT2D eigenvalue weighted by atomic mass is 16.3. The Morgan fingerprint density at radius 2 is 1.95 bits per heavy atom. The topological polar surface area (TPSA) is 90.4 Å². The normalized spacial score (nSPS) is 10.4. The van der Waals surface area contributed by atoms with Gasteiger partial charge in [0.25, 0.3) is 0 Å². The van der Waals surface area contributed by atoms with Crippen LogP contribution in [0.1, 0.15) is 33.5 Å². The van der Waals surface area contributed by atoms with Crippen LogP contribution in [0.15, 0.2) is 18.2 Å². The molecule has 1 aromatic carbocycles. The van der Waals surface area contributed by atoms with E-state index in [1.165, 1.54) is 25.1 Å². The van der Waals surface area contributed by atoms with E-state index in [1.54, 1.807) is 6.92 Å². The Morgan fingerprint density at radius 3 is 2.47 bits per heavy atom. The van der Waals surface area contributed by atoms with Crippen LogP contribution in [-0.2, 0) is 0 Å². The first kappa shape index (κ1) is 12.9. The molecule has 0 saturated carbocycles. The van der Waals surface area contributed by atoms with E-state index in [9.17, 15) is 19.8 Å². The summed E-state index contributed by atoms with van der Waals surface area (Å²) in [6.07, 6.45) is 0.624. The van der Waals surface area contributed by atoms with Gasteiger partial charge in [0.1, 0.15) is 0 Å². The van der Waals surface area contributed by atoms with Crippen LogP contribution in [0, 0.1) is 6.92 Å². The molecule has 19 heavy (non-hydrogen) atoms. The second-order valence-electron chi connectivity index (χ2n) is 4.29. The van der Waals surface area contributed by atoms with Crippen LogP contribution >= 0.6 is 0 Å². The number of rotatable bonds is 3. The van der Waals surface area contributed by atoms with Crippen molar-refractivity contribution in [3.8, 4) is 22.6 Å². The van der Waals surface area contributed by atoms with Crippen LogP contribution in [0.3, 0.4) is 0 Å². The van der Waals surface area contributed by atoms with Crippen molar-refractivity contribution in [2.75, 3.05) is 0 Å². The first-order chi connectivity index (χ1) is 8.95. The van der Waals surface area contributed by atoms with Gasteiger partial charge in [-0.25, -0.2) is 0 Å². The Bertz CT molecular complexity index is 670. The molecule has 0 aliphatic rings. The van der Waals surface area contributed by atoms with Crippen LogP contribution in [0.4, 0.5) is 0 Å². The lowest BCUT2D eigenvalue weighted by Crippen LogP contribution is -1.96. The standard InChI is InChI=1S/C14H13NO4/c1-7-13(8(2)17)14(10(6-16)15-7)9-3-4-11(18)12(19)5-9/h3-6,15,18-19H,1-2H3. The van der Waals surface area contributed by atoms with Gasteiger partial charge in [0.05, 0.1) is 5.69 Å². The molecular weight excluding hydrogens is 246 g/mol. The van der Waals surface area contributed by atoms with Crippen LogP contribution in [-0.4, -0.2) is 27.3 Å². The number of H-pyrrole nitrogens is 1. The van der Waals surface area contributed by atoms with Gasteiger partial charge < -0.3 is 15.2 Å². The molecule has 3 N–H and O–H groups in total. The maximum Gasteiger partial charge on any atom is 0.166 e. The van der Waals surface area contributed by atoms with Crippen molar-refractivity contribution in [1.82, 2.24) is 4.98 Å². The predicted molar refractivity (Wildman–Crippen MR) is 69.7 cm³/mol. The number of phenols is 2. The first-order valence-electron chi connectivity index (χ1n) is 5.66. The Hall–Kier alpha value is -2.56. The van der Waals surface area contributed by atoms with E-state index in [1.807, 2.05) is 0 Å². The van der Waals surface area contributed by atoms with E-state index in [0.717, 1.165) is 0 Å². The van der Waals surface area contributed by atoms with Gasteiger partial charge >= 0.3 is 0 Å². The van der Waals surface area contributed by atoms with Crippen molar-refractivity contribution < 1.29 is 19.8 Å². The van der Waals surface area contributed by atoms with Crippen molar-refractivity contribution in [3.63, 3.8) is 0 Å². The highest BCUT2D eigenvalue weighted by Gasteiger charge is 2.20. The van der Waals surface area contributed by atoms with Crippen LogP contribution in [0.5, 0.6) is 11.5 Å². The molecule has 0 atom stereocenters. The van der Waals surface area contributed by atoms with Crippen molar-refractivity contribution in [2.45, 2.75) is 13.8 Å². The number of carbonyl (C=O) groups is 2. The predicted octanol–water partition coefficient (Wildman–Crippen LogP) is 2.42. The summed E-state index contributed by atoms with van der Waals surface area (Å²) >= 11 is 0. The Balaban J connectivity index is 2.75. The summed E-state index contributed by atoms with van der Waals surface area (Å²) in [6.45, 7) is 3.11. The van der Waals surface area contributed by atoms with Crippen molar-refractivity contribution >= 4 is 12.1 Å². The zero-order valence-electron chi connectivity index (χ0n) is 10.5. The molecule has 0 spiro atoms. The molecule has 1 heterocycles. The van der Waals surface area contributed by atoms with E-state index in [4.69, 9.17) is 0 Å². The number of Topliss-reactive ketones (excluding diaryl/α,β-unsaturated/α-hetero) is 1. The van der Waals surface area contributed by atoms with Gasteiger partial charge in [-0.05, 0) is 31.5 Å². The third kappa shape index (κ3) is 2.10. The molecule has 2 aromatic rings. The summed E-state index contributed by atoms with van der Waals surface area (Å²) in [5, 5.41) is 18.8. The van der Waals surface area contributed by atoms with Gasteiger partial charge in [0.15, 0.2) is 23.6 Å². The van der Waals surface area contributed by atoms with E-state index in [0.29, 0.717) is 28.7 Å². The summed E-state index contributed by atoms with van der Waals surface area (Å²) < 4.78 is 0. The molecule has 1 aromatic heterocycles. The molecule has 0 unspecified atom stereocenters. The van der Waals surface area contributed by atoms with Gasteiger partial charge in [-0.2, -0.15) is 0 Å². The third-order valence-electron chi connectivity index (χ3n) is 2.95. The number of hydrogen-bond acceptors (Lipinski definition) is 4. The first-order valence-corrected chi connectivity index (χ1v) is 5.66. The lowest BCUT2D eigenvalue weighted by atomic mass is 9.98. The number of aromatic nitrogens is 1. The summed E-state index contributed by atoms with van der Waals surface area (Å²) in [5.74, 6) is -0.736. The van der Waals surface area contributed by atoms with E-state index in [-0.39, 0.29) is 23.0 Å². The summed E-state index contributed by atoms with van der Waals surface area (Å²) in [6, 6.07) is 4.17. The fourth-order valence-corrected chi connectivity index (χ4v) is 2.16. The average Bonchev–Trinajstić information content (AvgIpc) is 2.69. The number of ketones is 1. The molecule has 0 fully saturated rings. The van der Waals surface area contributed by atoms with Gasteiger partial charge in [0, 0.05) is 16.8 Å². The van der Waals surface area contributed by atoms with E-state index < -0.39 is 0 Å². The number of aldehydes is 1. The fourth-order valence-electron chi connectivity index (χ4n) is 2.16. The minimum Gasteiger partial charge on any atom is -0.504 e. The molecular formula is C14H13NO4. The lowest BCUT2D eigenvalue weighted by molar-refractivity contribution is 0.101. The summed E-state index contributed by atoms with van der Waals surface area (Å²) in [7, 11) is 0. The van der Waals surface area contributed by atoms with Gasteiger partial charge in [-0.1, -0.05) is 6.07 Å². The molecule has 0 amide bonds. The van der Waals surface area contributed by atoms with E-state index in [2.05, 4.69) is 4.98 Å². The molecule has 0 aliphatic carbocycles. The van der Waals surface area contributed by atoms with E-state index >= 15 is 0 Å². The zero-order valence-corrected chi connectivity index (χ0v) is 10.5. The highest BCUT2D eigenvalue weighted by molar-refractivity contribution is 6.06. The lowest BCUT2D eigenvalue weighted by Gasteiger charge is -2.05. The van der Waals surface area contributed by atoms with Gasteiger partial charge in [-0.3, -0.25) is 9.59 Å². The number of aryl methyl sites for hydroxylation is 1. The van der Waals surface area contributed by atoms with Crippen molar-refractivity contribution in [1.29, 1.82) is 0 Å². The minimum atomic E-state index is -0.303. The maximum absolute atomic E-state index is 11.7.